The number of allylic oxidation sites excluding steroid dienone is 1. The van der Waals surface area contributed by atoms with Crippen molar-refractivity contribution >= 4 is 28.5 Å². The molecule has 1 aliphatic rings. The third kappa shape index (κ3) is 4.99. The first-order chi connectivity index (χ1) is 16.9. The van der Waals surface area contributed by atoms with Crippen LogP contribution in [0.2, 0.25) is 0 Å². The summed E-state index contributed by atoms with van der Waals surface area (Å²) in [6.45, 7) is 4.47. The second-order valence-electron chi connectivity index (χ2n) is 8.62. The largest absolute Gasteiger partial charge is 0.492 e. The molecular formula is C28H30N2O5. The van der Waals surface area contributed by atoms with E-state index in [9.17, 15) is 14.4 Å². The summed E-state index contributed by atoms with van der Waals surface area (Å²) in [6, 6.07) is 12.9. The van der Waals surface area contributed by atoms with Gasteiger partial charge in [-0.1, -0.05) is 37.6 Å². The van der Waals surface area contributed by atoms with E-state index in [1.165, 1.54) is 6.07 Å². The zero-order valence-corrected chi connectivity index (χ0v) is 20.1. The third-order valence-corrected chi connectivity index (χ3v) is 6.34. The van der Waals surface area contributed by atoms with Crippen molar-refractivity contribution in [3.63, 3.8) is 0 Å². The summed E-state index contributed by atoms with van der Waals surface area (Å²) in [5.41, 5.74) is 8.59. The number of rotatable bonds is 8. The minimum absolute atomic E-state index is 0.143. The Balaban J connectivity index is 1.82. The molecule has 0 bridgehead atoms. The lowest BCUT2D eigenvalue weighted by Gasteiger charge is -2.30. The van der Waals surface area contributed by atoms with Gasteiger partial charge >= 0.3 is 5.63 Å². The summed E-state index contributed by atoms with van der Waals surface area (Å²) in [7, 11) is 0. The maximum atomic E-state index is 14.0. The monoisotopic (exact) mass is 474 g/mol. The van der Waals surface area contributed by atoms with E-state index in [0.717, 1.165) is 41.5 Å². The summed E-state index contributed by atoms with van der Waals surface area (Å²) in [5, 5.41) is 0.721. The summed E-state index contributed by atoms with van der Waals surface area (Å²) in [5.74, 6) is -0.482. The highest BCUT2D eigenvalue weighted by atomic mass is 16.5. The lowest BCUT2D eigenvalue weighted by atomic mass is 9.98. The number of amides is 2. The maximum absolute atomic E-state index is 14.0. The molecule has 2 heterocycles. The molecular weight excluding hydrogens is 444 g/mol. The van der Waals surface area contributed by atoms with E-state index in [2.05, 4.69) is 0 Å². The van der Waals surface area contributed by atoms with Crippen LogP contribution in [-0.4, -0.2) is 25.0 Å². The topological polar surface area (TPSA) is 103 Å². The molecule has 0 radical (unpaired) electrons. The smallest absolute Gasteiger partial charge is 0.336 e. The van der Waals surface area contributed by atoms with E-state index < -0.39 is 11.5 Å². The molecule has 182 valence electrons. The van der Waals surface area contributed by atoms with Crippen LogP contribution < -0.4 is 21.0 Å². The van der Waals surface area contributed by atoms with Crippen LogP contribution in [-0.2, 0) is 17.6 Å². The fourth-order valence-electron chi connectivity index (χ4n) is 4.63. The number of nitrogens with two attached hydrogens (primary N) is 1. The first-order valence-electron chi connectivity index (χ1n) is 12.0. The number of nitrogens with zero attached hydrogens (tertiary/aromatic N) is 1. The van der Waals surface area contributed by atoms with E-state index in [0.29, 0.717) is 30.7 Å². The molecule has 2 aromatic carbocycles. The van der Waals surface area contributed by atoms with E-state index in [-0.39, 0.29) is 23.7 Å². The van der Waals surface area contributed by atoms with Crippen LogP contribution in [0.4, 0.5) is 5.69 Å². The van der Waals surface area contributed by atoms with Crippen LogP contribution >= 0.6 is 0 Å². The fraction of sp³-hybridized carbons (Fsp3) is 0.321. The minimum atomic E-state index is -0.508. The molecule has 2 amide bonds. The molecule has 0 aliphatic carbocycles. The van der Waals surface area contributed by atoms with Crippen molar-refractivity contribution < 1.29 is 18.7 Å². The van der Waals surface area contributed by atoms with Gasteiger partial charge in [-0.3, -0.25) is 9.59 Å². The van der Waals surface area contributed by atoms with Crippen LogP contribution in [0.3, 0.4) is 0 Å². The van der Waals surface area contributed by atoms with Crippen LogP contribution in [0.25, 0.3) is 11.0 Å². The molecule has 7 heteroatoms. The van der Waals surface area contributed by atoms with E-state index >= 15 is 0 Å². The van der Waals surface area contributed by atoms with Gasteiger partial charge in [0.1, 0.15) is 11.3 Å². The Morgan fingerprint density at radius 3 is 2.74 bits per heavy atom. The minimum Gasteiger partial charge on any atom is -0.492 e. The molecule has 4 rings (SSSR count). The van der Waals surface area contributed by atoms with Crippen molar-refractivity contribution in [2.24, 2.45) is 5.73 Å². The van der Waals surface area contributed by atoms with E-state index in [1.54, 1.807) is 24.0 Å². The number of carbonyl (C=O) groups excluding carboxylic acids is 2. The van der Waals surface area contributed by atoms with Gasteiger partial charge in [0.2, 0.25) is 5.91 Å². The van der Waals surface area contributed by atoms with Crippen molar-refractivity contribution in [1.29, 1.82) is 0 Å². The Morgan fingerprint density at radius 2 is 2.00 bits per heavy atom. The highest BCUT2D eigenvalue weighted by Gasteiger charge is 2.29. The quantitative estimate of drug-likeness (QED) is 0.381. The van der Waals surface area contributed by atoms with Gasteiger partial charge in [0.15, 0.2) is 5.58 Å². The zero-order chi connectivity index (χ0) is 24.9. The standard InChI is InChI=1S/C28H30N2O5/c1-3-8-20-17-24(31)35-26-21(20)12-13-23(34-16-14-18(4-2)27(29)32)25(26)28(33)30-15-7-10-19-9-5-6-11-22(19)30/h4-6,9,11-13,17H,3,7-8,10,14-16H2,1-2H3,(H2,29,32). The SMILES string of the molecule is CC=C(CCOc1ccc2c(CCC)cc(=O)oc2c1C(=O)N1CCCc2ccccc21)C(N)=O. The summed E-state index contributed by atoms with van der Waals surface area (Å²) >= 11 is 0. The molecule has 35 heavy (non-hydrogen) atoms. The Hall–Kier alpha value is -3.87. The van der Waals surface area contributed by atoms with E-state index in [4.69, 9.17) is 14.9 Å². The highest BCUT2D eigenvalue weighted by Crippen LogP contribution is 2.35. The molecule has 0 atom stereocenters. The number of hydrogen-bond donors (Lipinski definition) is 1. The molecule has 3 aromatic rings. The number of para-hydroxylation sites is 1. The molecule has 1 aliphatic heterocycles. The van der Waals surface area contributed by atoms with Crippen molar-refractivity contribution in [1.82, 2.24) is 0 Å². The van der Waals surface area contributed by atoms with Crippen molar-refractivity contribution in [2.75, 3.05) is 18.1 Å². The number of hydrogen-bond acceptors (Lipinski definition) is 5. The number of anilines is 1. The van der Waals surface area contributed by atoms with Gasteiger partial charge in [-0.25, -0.2) is 4.79 Å². The lowest BCUT2D eigenvalue weighted by molar-refractivity contribution is -0.114. The van der Waals surface area contributed by atoms with Crippen LogP contribution in [0.5, 0.6) is 5.75 Å². The molecule has 0 saturated heterocycles. The molecule has 1 aromatic heterocycles. The van der Waals surface area contributed by atoms with Gasteiger partial charge in [-0.15, -0.1) is 0 Å². The summed E-state index contributed by atoms with van der Waals surface area (Å²) in [6.07, 6.45) is 5.21. The van der Waals surface area contributed by atoms with Crippen LogP contribution in [0.15, 0.2) is 63.3 Å². The second-order valence-corrected chi connectivity index (χ2v) is 8.62. The van der Waals surface area contributed by atoms with Gasteiger partial charge in [0.05, 0.1) is 6.61 Å². The summed E-state index contributed by atoms with van der Waals surface area (Å²) in [4.78, 5) is 39.8. The number of benzene rings is 2. The molecule has 0 spiro atoms. The number of primary amides is 1. The van der Waals surface area contributed by atoms with Gasteiger partial charge < -0.3 is 19.8 Å². The first-order valence-corrected chi connectivity index (χ1v) is 12.0. The predicted octanol–water partition coefficient (Wildman–Crippen LogP) is 4.54. The maximum Gasteiger partial charge on any atom is 0.336 e. The number of carbonyl (C=O) groups is 2. The number of fused-ring (bicyclic) bond motifs is 2. The van der Waals surface area contributed by atoms with E-state index in [1.807, 2.05) is 37.3 Å². The Kier molecular flexibility index (Phi) is 7.34. The second kappa shape index (κ2) is 10.6. The lowest BCUT2D eigenvalue weighted by Crippen LogP contribution is -2.36. The van der Waals surface area contributed by atoms with Gasteiger partial charge in [0, 0.05) is 35.7 Å². The first kappa shape index (κ1) is 24.3. The van der Waals surface area contributed by atoms with Crippen LogP contribution in [0, 0.1) is 0 Å². The molecule has 2 N–H and O–H groups in total. The fourth-order valence-corrected chi connectivity index (χ4v) is 4.63. The van der Waals surface area contributed by atoms with Crippen molar-refractivity contribution in [3.8, 4) is 5.75 Å². The van der Waals surface area contributed by atoms with Gasteiger partial charge in [-0.05, 0) is 55.5 Å². The number of aryl methyl sites for hydroxylation is 2. The van der Waals surface area contributed by atoms with Crippen molar-refractivity contribution in [3.05, 3.63) is 81.2 Å². The average molecular weight is 475 g/mol. The number of ether oxygens (including phenoxy) is 1. The average Bonchev–Trinajstić information content (AvgIpc) is 2.85. The van der Waals surface area contributed by atoms with Gasteiger partial charge in [0.25, 0.3) is 5.91 Å². The van der Waals surface area contributed by atoms with Crippen LogP contribution in [0.1, 0.15) is 54.6 Å². The van der Waals surface area contributed by atoms with Crippen molar-refractivity contribution in [2.45, 2.75) is 46.0 Å². The molecule has 0 unspecified atom stereocenters. The third-order valence-electron chi connectivity index (χ3n) is 6.34. The summed E-state index contributed by atoms with van der Waals surface area (Å²) < 4.78 is 11.6. The molecule has 0 fully saturated rings. The molecule has 7 nitrogen and oxygen atoms in total. The highest BCUT2D eigenvalue weighted by molar-refractivity contribution is 6.15. The van der Waals surface area contributed by atoms with Gasteiger partial charge in [-0.2, -0.15) is 0 Å². The Labute approximate surface area is 204 Å². The normalized spacial score (nSPS) is 13.5. The Morgan fingerprint density at radius 1 is 1.20 bits per heavy atom. The predicted molar refractivity (Wildman–Crippen MR) is 136 cm³/mol. The Bertz CT molecular complexity index is 1360. The zero-order valence-electron chi connectivity index (χ0n) is 20.1. The molecule has 0 saturated carbocycles.